The number of hydrogen-bond acceptors (Lipinski definition) is 7. The van der Waals surface area contributed by atoms with E-state index in [0.717, 1.165) is 48.6 Å². The summed E-state index contributed by atoms with van der Waals surface area (Å²) in [6.45, 7) is 2.74. The number of likely N-dealkylation sites (tertiary alicyclic amines) is 1. The number of nitrogens with zero attached hydrogens (tertiary/aromatic N) is 3. The van der Waals surface area contributed by atoms with E-state index in [9.17, 15) is 14.9 Å². The van der Waals surface area contributed by atoms with Gasteiger partial charge >= 0.3 is 0 Å². The van der Waals surface area contributed by atoms with Gasteiger partial charge in [0.1, 0.15) is 6.61 Å². The molecule has 1 saturated heterocycles. The first-order valence-corrected chi connectivity index (χ1v) is 12.6. The lowest BCUT2D eigenvalue weighted by Gasteiger charge is -2.30. The smallest absolute Gasteiger partial charge is 0.269 e. The van der Waals surface area contributed by atoms with Gasteiger partial charge < -0.3 is 9.47 Å². The predicted molar refractivity (Wildman–Crippen MR) is 146 cm³/mol. The van der Waals surface area contributed by atoms with Gasteiger partial charge in [0.2, 0.25) is 5.91 Å². The Labute approximate surface area is 226 Å². The van der Waals surface area contributed by atoms with E-state index >= 15 is 0 Å². The van der Waals surface area contributed by atoms with Crippen molar-refractivity contribution in [1.82, 2.24) is 10.3 Å². The number of piperidine rings is 1. The molecule has 1 heterocycles. The average molecular weight is 537 g/mol. The molecular formula is C28H29ClN4O5. The highest BCUT2D eigenvalue weighted by Crippen LogP contribution is 2.28. The number of nitro groups is 1. The van der Waals surface area contributed by atoms with E-state index in [-0.39, 0.29) is 24.1 Å². The highest BCUT2D eigenvalue weighted by molar-refractivity contribution is 6.30. The highest BCUT2D eigenvalue weighted by Gasteiger charge is 2.24. The van der Waals surface area contributed by atoms with E-state index in [4.69, 9.17) is 21.1 Å². The number of carbonyl (C=O) groups is 1. The molecule has 38 heavy (non-hydrogen) atoms. The van der Waals surface area contributed by atoms with Gasteiger partial charge in [0, 0.05) is 29.6 Å². The van der Waals surface area contributed by atoms with E-state index in [0.29, 0.717) is 11.5 Å². The summed E-state index contributed by atoms with van der Waals surface area (Å²) in [5.41, 5.74) is 5.40. The molecule has 1 aliphatic heterocycles. The number of non-ortho nitro benzene ring substituents is 1. The van der Waals surface area contributed by atoms with E-state index in [1.807, 2.05) is 30.3 Å². The summed E-state index contributed by atoms with van der Waals surface area (Å²) in [5.74, 6) is 0.869. The minimum atomic E-state index is -0.443. The van der Waals surface area contributed by atoms with E-state index < -0.39 is 4.92 Å². The number of hydrazone groups is 1. The fraction of sp³-hybridized carbons (Fsp3) is 0.286. The molecule has 1 aliphatic rings. The lowest BCUT2D eigenvalue weighted by Crippen LogP contribution is -2.39. The van der Waals surface area contributed by atoms with Crippen LogP contribution in [0.25, 0.3) is 0 Å². The minimum absolute atomic E-state index is 0.0232. The third kappa shape index (κ3) is 7.53. The van der Waals surface area contributed by atoms with Crippen LogP contribution in [0.5, 0.6) is 11.5 Å². The second-order valence-electron chi connectivity index (χ2n) is 9.03. The number of methoxy groups -OCH3 is 1. The van der Waals surface area contributed by atoms with Crippen LogP contribution < -0.4 is 14.9 Å². The van der Waals surface area contributed by atoms with Crippen LogP contribution in [0.3, 0.4) is 0 Å². The molecule has 1 amide bonds. The fourth-order valence-electron chi connectivity index (χ4n) is 4.22. The Bertz CT molecular complexity index is 1270. The van der Waals surface area contributed by atoms with Crippen LogP contribution in [0.4, 0.5) is 5.69 Å². The normalized spacial score (nSPS) is 14.4. The van der Waals surface area contributed by atoms with Crippen molar-refractivity contribution >= 4 is 29.4 Å². The number of rotatable bonds is 10. The maximum absolute atomic E-state index is 12.6. The molecule has 0 aromatic heterocycles. The van der Waals surface area contributed by atoms with Gasteiger partial charge in [0.15, 0.2) is 11.5 Å². The second kappa shape index (κ2) is 13.0. The SMILES string of the molecule is COc1ccc(/C=N/NC(=O)C2CCN(Cc3ccc(Cl)cc3)CC2)cc1OCc1ccc([N+](=O)[O-])cc1. The Morgan fingerprint density at radius 1 is 1.08 bits per heavy atom. The zero-order chi connectivity index (χ0) is 26.9. The average Bonchev–Trinajstić information content (AvgIpc) is 2.94. The Morgan fingerprint density at radius 2 is 1.76 bits per heavy atom. The van der Waals surface area contributed by atoms with Gasteiger partial charge in [-0.2, -0.15) is 5.10 Å². The molecule has 0 atom stereocenters. The first-order chi connectivity index (χ1) is 18.4. The summed E-state index contributed by atoms with van der Waals surface area (Å²) in [7, 11) is 1.54. The molecule has 0 unspecified atom stereocenters. The van der Waals surface area contributed by atoms with Crippen LogP contribution >= 0.6 is 11.6 Å². The van der Waals surface area contributed by atoms with Crippen LogP contribution in [0.1, 0.15) is 29.5 Å². The number of nitrogens with one attached hydrogen (secondary N) is 1. The number of ether oxygens (including phenoxy) is 2. The van der Waals surface area contributed by atoms with Gasteiger partial charge in [0.25, 0.3) is 5.69 Å². The van der Waals surface area contributed by atoms with Crippen LogP contribution in [0.2, 0.25) is 5.02 Å². The minimum Gasteiger partial charge on any atom is -0.493 e. The second-order valence-corrected chi connectivity index (χ2v) is 9.47. The third-order valence-corrected chi connectivity index (χ3v) is 6.65. The maximum atomic E-state index is 12.6. The van der Waals surface area contributed by atoms with Crippen molar-refractivity contribution in [2.24, 2.45) is 11.0 Å². The first kappa shape index (κ1) is 27.1. The van der Waals surface area contributed by atoms with Crippen molar-refractivity contribution in [2.75, 3.05) is 20.2 Å². The molecule has 10 heteroatoms. The third-order valence-electron chi connectivity index (χ3n) is 6.40. The van der Waals surface area contributed by atoms with Crippen molar-refractivity contribution < 1.29 is 19.2 Å². The van der Waals surface area contributed by atoms with Crippen molar-refractivity contribution in [1.29, 1.82) is 0 Å². The zero-order valence-electron chi connectivity index (χ0n) is 21.0. The van der Waals surface area contributed by atoms with Gasteiger partial charge in [-0.05, 0) is 85.1 Å². The Hall–Kier alpha value is -3.95. The molecule has 0 spiro atoms. The van der Waals surface area contributed by atoms with Gasteiger partial charge in [-0.1, -0.05) is 23.7 Å². The Morgan fingerprint density at radius 3 is 2.42 bits per heavy atom. The van der Waals surface area contributed by atoms with Gasteiger partial charge in [-0.15, -0.1) is 0 Å². The molecule has 0 radical (unpaired) electrons. The maximum Gasteiger partial charge on any atom is 0.269 e. The van der Waals surface area contributed by atoms with Crippen molar-refractivity contribution in [3.05, 3.63) is 98.6 Å². The van der Waals surface area contributed by atoms with Crippen molar-refractivity contribution in [3.63, 3.8) is 0 Å². The monoisotopic (exact) mass is 536 g/mol. The van der Waals surface area contributed by atoms with Gasteiger partial charge in [-0.25, -0.2) is 5.43 Å². The largest absolute Gasteiger partial charge is 0.493 e. The summed E-state index contributed by atoms with van der Waals surface area (Å²) in [6, 6.07) is 19.3. The lowest BCUT2D eigenvalue weighted by atomic mass is 9.96. The van der Waals surface area contributed by atoms with Crippen molar-refractivity contribution in [3.8, 4) is 11.5 Å². The molecule has 0 saturated carbocycles. The predicted octanol–water partition coefficient (Wildman–Crippen LogP) is 5.20. The standard InChI is InChI=1S/C28H29ClN4O5/c1-37-26-11-6-22(16-27(26)38-19-21-4-9-25(10-5-21)33(35)36)17-30-31-28(34)23-12-14-32(15-13-23)18-20-2-7-24(29)8-3-20/h2-11,16-17,23H,12-15,18-19H2,1H3,(H,31,34)/b30-17+. The molecule has 0 bridgehead atoms. The molecule has 9 nitrogen and oxygen atoms in total. The number of carbonyl (C=O) groups excluding carboxylic acids is 1. The van der Waals surface area contributed by atoms with Gasteiger partial charge in [-0.3, -0.25) is 19.8 Å². The number of benzene rings is 3. The lowest BCUT2D eigenvalue weighted by molar-refractivity contribution is -0.384. The molecule has 1 N–H and O–H groups in total. The summed E-state index contributed by atoms with van der Waals surface area (Å²) >= 11 is 5.96. The molecular weight excluding hydrogens is 508 g/mol. The topological polar surface area (TPSA) is 106 Å². The molecule has 0 aliphatic carbocycles. The van der Waals surface area contributed by atoms with Crippen LogP contribution in [-0.2, 0) is 17.9 Å². The fourth-order valence-corrected chi connectivity index (χ4v) is 4.35. The molecule has 3 aromatic rings. The number of amides is 1. The summed E-state index contributed by atoms with van der Waals surface area (Å²) < 4.78 is 11.3. The van der Waals surface area contributed by atoms with Crippen molar-refractivity contribution in [2.45, 2.75) is 26.0 Å². The number of nitro benzene ring substituents is 1. The molecule has 4 rings (SSSR count). The summed E-state index contributed by atoms with van der Waals surface area (Å²) in [5, 5.41) is 15.7. The van der Waals surface area contributed by atoms with Gasteiger partial charge in [0.05, 0.1) is 18.2 Å². The zero-order valence-corrected chi connectivity index (χ0v) is 21.8. The Balaban J connectivity index is 1.27. The Kier molecular flexibility index (Phi) is 9.29. The van der Waals surface area contributed by atoms with E-state index in [1.54, 1.807) is 37.6 Å². The summed E-state index contributed by atoms with van der Waals surface area (Å²) in [6.07, 6.45) is 3.11. The number of hydrogen-bond donors (Lipinski definition) is 1. The first-order valence-electron chi connectivity index (χ1n) is 12.2. The van der Waals surface area contributed by atoms with Crippen LogP contribution in [0.15, 0.2) is 71.8 Å². The van der Waals surface area contributed by atoms with E-state index in [2.05, 4.69) is 15.4 Å². The molecule has 1 fully saturated rings. The highest BCUT2D eigenvalue weighted by atomic mass is 35.5. The van der Waals surface area contributed by atoms with Crippen LogP contribution in [0, 0.1) is 16.0 Å². The number of halogens is 1. The van der Waals surface area contributed by atoms with Crippen LogP contribution in [-0.4, -0.2) is 42.1 Å². The quantitative estimate of drug-likeness (QED) is 0.217. The molecule has 3 aromatic carbocycles. The summed E-state index contributed by atoms with van der Waals surface area (Å²) in [4.78, 5) is 25.4. The molecule has 198 valence electrons. The van der Waals surface area contributed by atoms with E-state index in [1.165, 1.54) is 17.7 Å².